The van der Waals surface area contributed by atoms with Gasteiger partial charge in [0, 0.05) is 36.6 Å². The van der Waals surface area contributed by atoms with E-state index in [1.165, 1.54) is 18.3 Å². The fourth-order valence-corrected chi connectivity index (χ4v) is 7.01. The number of amides is 5. The molecule has 2 heterocycles. The minimum absolute atomic E-state index is 0.0752. The van der Waals surface area contributed by atoms with Crippen molar-refractivity contribution < 1.29 is 33.9 Å². The zero-order valence-corrected chi connectivity index (χ0v) is 25.3. The van der Waals surface area contributed by atoms with Crippen LogP contribution in [0.4, 0.5) is 0 Å². The molecule has 1 spiro atoms. The molecule has 6 N–H and O–H groups in total. The summed E-state index contributed by atoms with van der Waals surface area (Å²) in [5, 5.41) is 25.6. The summed E-state index contributed by atoms with van der Waals surface area (Å²) in [6, 6.07) is 12.7. The standard InChI is InChI=1S/C31H37N5O7S/c1-29(15-19-7-3-2-4-8-19)26(40)36-30(28(42)43)16-20(30)9-5-13-32-23(37)11-12-24(38)35-31(27(41)33-18-25(39)34-29)17-21(31)22-10-6-14-44-22/h2-4,6-8,10,14,20-21H,5,9,11-13,15-18H2,1H3,(H,32,37)(H,33,41)(H,34,39)(H,35,38)(H,36,40)(H,42,43)/t20-,21+,29?,30?,31-/m0/s1. The molecule has 234 valence electrons. The molecule has 2 aliphatic carbocycles. The lowest BCUT2D eigenvalue weighted by Gasteiger charge is -2.32. The van der Waals surface area contributed by atoms with E-state index in [1.807, 2.05) is 23.6 Å². The number of benzene rings is 1. The molecule has 2 saturated carbocycles. The monoisotopic (exact) mass is 623 g/mol. The molecule has 0 bridgehead atoms. The molecular weight excluding hydrogens is 586 g/mol. The Morgan fingerprint density at radius 3 is 2.34 bits per heavy atom. The van der Waals surface area contributed by atoms with E-state index in [0.717, 1.165) is 10.4 Å². The number of fused-ring (bicyclic) bond motifs is 1. The highest BCUT2D eigenvalue weighted by molar-refractivity contribution is 7.10. The number of carbonyl (C=O) groups excluding carboxylic acids is 5. The summed E-state index contributed by atoms with van der Waals surface area (Å²) < 4.78 is 0. The van der Waals surface area contributed by atoms with Crippen LogP contribution in [0, 0.1) is 5.92 Å². The Bertz CT molecular complexity index is 1450. The van der Waals surface area contributed by atoms with Crippen LogP contribution in [0.25, 0.3) is 0 Å². The van der Waals surface area contributed by atoms with Crippen molar-refractivity contribution in [3.05, 3.63) is 58.3 Å². The van der Waals surface area contributed by atoms with Crippen LogP contribution in [-0.2, 0) is 35.2 Å². The molecule has 13 heteroatoms. The van der Waals surface area contributed by atoms with Gasteiger partial charge in [-0.2, -0.15) is 0 Å². The first kappa shape index (κ1) is 31.2. The van der Waals surface area contributed by atoms with Gasteiger partial charge in [-0.1, -0.05) is 36.4 Å². The molecule has 44 heavy (non-hydrogen) atoms. The maximum Gasteiger partial charge on any atom is 0.329 e. The van der Waals surface area contributed by atoms with Gasteiger partial charge in [0.05, 0.1) is 6.54 Å². The highest BCUT2D eigenvalue weighted by atomic mass is 32.1. The number of thiophene rings is 1. The third-order valence-electron chi connectivity index (χ3n) is 8.80. The van der Waals surface area contributed by atoms with Crippen LogP contribution in [0.2, 0.25) is 0 Å². The molecule has 1 aromatic carbocycles. The van der Waals surface area contributed by atoms with E-state index in [4.69, 9.17) is 0 Å². The summed E-state index contributed by atoms with van der Waals surface area (Å²) in [5.74, 6) is -4.43. The maximum atomic E-state index is 13.8. The largest absolute Gasteiger partial charge is 0.479 e. The minimum Gasteiger partial charge on any atom is -0.479 e. The molecule has 1 aromatic heterocycles. The summed E-state index contributed by atoms with van der Waals surface area (Å²) in [6.07, 6.45) is 1.38. The first-order valence-corrected chi connectivity index (χ1v) is 15.7. The van der Waals surface area contributed by atoms with Crippen LogP contribution in [0.3, 0.4) is 0 Å². The zero-order chi connectivity index (χ0) is 31.5. The van der Waals surface area contributed by atoms with Crippen molar-refractivity contribution in [1.29, 1.82) is 0 Å². The van der Waals surface area contributed by atoms with Gasteiger partial charge in [-0.15, -0.1) is 11.3 Å². The van der Waals surface area contributed by atoms with E-state index in [2.05, 4.69) is 26.6 Å². The minimum atomic E-state index is -1.54. The van der Waals surface area contributed by atoms with Crippen molar-refractivity contribution in [2.24, 2.45) is 5.92 Å². The van der Waals surface area contributed by atoms with Crippen molar-refractivity contribution >= 4 is 46.8 Å². The fourth-order valence-electron chi connectivity index (χ4n) is 6.09. The second-order valence-corrected chi connectivity index (χ2v) is 13.1. The first-order valence-electron chi connectivity index (χ1n) is 14.8. The molecule has 5 amide bonds. The summed E-state index contributed by atoms with van der Waals surface area (Å²) in [4.78, 5) is 79.0. The van der Waals surface area contributed by atoms with E-state index in [9.17, 15) is 33.9 Å². The first-order chi connectivity index (χ1) is 21.0. The van der Waals surface area contributed by atoms with E-state index in [0.29, 0.717) is 19.3 Å². The van der Waals surface area contributed by atoms with Crippen LogP contribution in [0.15, 0.2) is 47.8 Å². The summed E-state index contributed by atoms with van der Waals surface area (Å²) in [7, 11) is 0. The Labute approximate surface area is 258 Å². The van der Waals surface area contributed by atoms with Crippen LogP contribution in [-0.4, -0.2) is 70.3 Å². The van der Waals surface area contributed by atoms with E-state index >= 15 is 0 Å². The molecule has 3 fully saturated rings. The molecular formula is C31H37N5O7S. The lowest BCUT2D eigenvalue weighted by atomic mass is 9.90. The predicted octanol–water partition coefficient (Wildman–Crippen LogP) is 0.974. The highest BCUT2D eigenvalue weighted by Gasteiger charge is 2.63. The number of hydrogen-bond donors (Lipinski definition) is 6. The normalized spacial score (nSPS) is 31.8. The van der Waals surface area contributed by atoms with E-state index in [-0.39, 0.29) is 50.0 Å². The molecule has 5 atom stereocenters. The number of carboxylic acids is 1. The molecule has 2 unspecified atom stereocenters. The second kappa shape index (κ2) is 12.4. The number of nitrogens with one attached hydrogen (secondary N) is 5. The lowest BCUT2D eigenvalue weighted by molar-refractivity contribution is -0.145. The zero-order valence-electron chi connectivity index (χ0n) is 24.4. The van der Waals surface area contributed by atoms with E-state index < -0.39 is 52.8 Å². The van der Waals surface area contributed by atoms with Gasteiger partial charge in [-0.05, 0) is 55.5 Å². The molecule has 12 nitrogen and oxygen atoms in total. The number of rotatable bonds is 4. The van der Waals surface area contributed by atoms with Crippen molar-refractivity contribution in [3.63, 3.8) is 0 Å². The number of carbonyl (C=O) groups is 6. The summed E-state index contributed by atoms with van der Waals surface area (Å²) in [6.45, 7) is 1.34. The fraction of sp³-hybridized carbons (Fsp3) is 0.484. The molecule has 3 aliphatic rings. The van der Waals surface area contributed by atoms with Crippen molar-refractivity contribution in [2.45, 2.75) is 74.4 Å². The lowest BCUT2D eigenvalue weighted by Crippen LogP contribution is -2.63. The van der Waals surface area contributed by atoms with Gasteiger partial charge in [0.1, 0.15) is 16.6 Å². The average molecular weight is 624 g/mol. The van der Waals surface area contributed by atoms with Gasteiger partial charge >= 0.3 is 5.97 Å². The van der Waals surface area contributed by atoms with Crippen LogP contribution >= 0.6 is 11.3 Å². The third kappa shape index (κ3) is 6.62. The Kier molecular flexibility index (Phi) is 8.78. The summed E-state index contributed by atoms with van der Waals surface area (Å²) >= 11 is 1.46. The predicted molar refractivity (Wildman–Crippen MR) is 160 cm³/mol. The van der Waals surface area contributed by atoms with Crippen LogP contribution in [0.1, 0.15) is 61.8 Å². The van der Waals surface area contributed by atoms with Crippen LogP contribution < -0.4 is 26.6 Å². The highest BCUT2D eigenvalue weighted by Crippen LogP contribution is 2.53. The van der Waals surface area contributed by atoms with Gasteiger partial charge in [-0.25, -0.2) is 4.79 Å². The molecule has 2 aromatic rings. The van der Waals surface area contributed by atoms with Crippen molar-refractivity contribution in [1.82, 2.24) is 26.6 Å². The molecule has 5 rings (SSSR count). The SMILES string of the molecule is CC1(Cc2ccccc2)NC(=O)CNC(=O)[C@@]2(C[C@@H]2c2cccs2)NC(=O)CCC(=O)NCCC[C@H]2CC2(C(=O)O)NC1=O. The summed E-state index contributed by atoms with van der Waals surface area (Å²) in [5.41, 5.74) is -3.54. The topological polar surface area (TPSA) is 183 Å². The Hall–Kier alpha value is -4.26. The smallest absolute Gasteiger partial charge is 0.329 e. The molecule has 1 aliphatic heterocycles. The Balaban J connectivity index is 1.38. The molecule has 0 radical (unpaired) electrons. The maximum absolute atomic E-state index is 13.8. The molecule has 1 saturated heterocycles. The second-order valence-electron chi connectivity index (χ2n) is 12.1. The Morgan fingerprint density at radius 1 is 0.886 bits per heavy atom. The Morgan fingerprint density at radius 2 is 1.64 bits per heavy atom. The van der Waals surface area contributed by atoms with Gasteiger partial charge in [-0.3, -0.25) is 24.0 Å². The quantitative estimate of drug-likeness (QED) is 0.293. The number of hydrogen-bond acceptors (Lipinski definition) is 7. The van der Waals surface area contributed by atoms with Gasteiger partial charge in [0.25, 0.3) is 0 Å². The number of aliphatic carboxylic acids is 1. The van der Waals surface area contributed by atoms with Gasteiger partial charge < -0.3 is 31.7 Å². The number of carboxylic acid groups (broad SMARTS) is 1. The van der Waals surface area contributed by atoms with Gasteiger partial charge in [0.15, 0.2) is 0 Å². The van der Waals surface area contributed by atoms with Crippen LogP contribution in [0.5, 0.6) is 0 Å². The van der Waals surface area contributed by atoms with Gasteiger partial charge in [0.2, 0.25) is 29.5 Å². The van der Waals surface area contributed by atoms with E-state index in [1.54, 1.807) is 24.3 Å². The third-order valence-corrected chi connectivity index (χ3v) is 9.78. The van der Waals surface area contributed by atoms with Crippen molar-refractivity contribution in [3.8, 4) is 0 Å². The van der Waals surface area contributed by atoms with Crippen molar-refractivity contribution in [2.75, 3.05) is 13.1 Å². The average Bonchev–Trinajstić information content (AvgIpc) is 3.81.